The van der Waals surface area contributed by atoms with Gasteiger partial charge in [-0.05, 0) is 30.7 Å². The van der Waals surface area contributed by atoms with Gasteiger partial charge < -0.3 is 4.90 Å². The molecule has 0 atom stereocenters. The SMILES string of the molecule is Cc1cc(C(F)(F)F)cc(N2CC(C)(C)c3ccccc32)n1. The van der Waals surface area contributed by atoms with E-state index in [0.29, 0.717) is 18.1 Å². The van der Waals surface area contributed by atoms with Crippen LogP contribution in [0, 0.1) is 6.92 Å². The van der Waals surface area contributed by atoms with E-state index < -0.39 is 11.7 Å². The highest BCUT2D eigenvalue weighted by molar-refractivity contribution is 5.70. The van der Waals surface area contributed by atoms with E-state index in [1.807, 2.05) is 29.2 Å². The van der Waals surface area contributed by atoms with Crippen LogP contribution in [0.3, 0.4) is 0 Å². The van der Waals surface area contributed by atoms with Crippen molar-refractivity contribution < 1.29 is 13.2 Å². The number of aromatic nitrogens is 1. The number of para-hydroxylation sites is 1. The van der Waals surface area contributed by atoms with Gasteiger partial charge in [0.1, 0.15) is 5.82 Å². The van der Waals surface area contributed by atoms with E-state index >= 15 is 0 Å². The third-order valence-electron chi connectivity index (χ3n) is 4.02. The number of hydrogen-bond acceptors (Lipinski definition) is 2. The fourth-order valence-electron chi connectivity index (χ4n) is 3.00. The number of anilines is 2. The lowest BCUT2D eigenvalue weighted by Crippen LogP contribution is -2.26. The maximum atomic E-state index is 13.0. The van der Waals surface area contributed by atoms with Crippen molar-refractivity contribution in [2.45, 2.75) is 32.4 Å². The molecular formula is C17H17F3N2. The Kier molecular flexibility index (Phi) is 3.20. The van der Waals surface area contributed by atoms with Gasteiger partial charge in [-0.25, -0.2) is 4.98 Å². The van der Waals surface area contributed by atoms with Gasteiger partial charge in [0, 0.05) is 23.3 Å². The van der Waals surface area contributed by atoms with Crippen LogP contribution in [-0.4, -0.2) is 11.5 Å². The van der Waals surface area contributed by atoms with E-state index in [1.165, 1.54) is 0 Å². The Hall–Kier alpha value is -2.04. The first-order valence-corrected chi connectivity index (χ1v) is 7.11. The molecule has 22 heavy (non-hydrogen) atoms. The smallest absolute Gasteiger partial charge is 0.325 e. The normalized spacial score (nSPS) is 16.7. The standard InChI is InChI=1S/C17H17F3N2/c1-11-8-12(17(18,19)20)9-15(21-11)22-10-16(2,3)13-6-4-5-7-14(13)22/h4-9H,10H2,1-3H3. The average Bonchev–Trinajstić information content (AvgIpc) is 2.70. The third kappa shape index (κ3) is 2.45. The summed E-state index contributed by atoms with van der Waals surface area (Å²) in [7, 11) is 0. The van der Waals surface area contributed by atoms with Crippen molar-refractivity contribution >= 4 is 11.5 Å². The number of hydrogen-bond donors (Lipinski definition) is 0. The van der Waals surface area contributed by atoms with Gasteiger partial charge in [-0.1, -0.05) is 32.0 Å². The first-order valence-electron chi connectivity index (χ1n) is 7.11. The quantitative estimate of drug-likeness (QED) is 0.749. The highest BCUT2D eigenvalue weighted by Gasteiger charge is 2.37. The molecule has 0 bridgehead atoms. The highest BCUT2D eigenvalue weighted by Crippen LogP contribution is 2.44. The van der Waals surface area contributed by atoms with Crippen molar-refractivity contribution in [1.29, 1.82) is 0 Å². The molecule has 0 radical (unpaired) electrons. The molecule has 0 unspecified atom stereocenters. The number of nitrogens with zero attached hydrogens (tertiary/aromatic N) is 2. The first kappa shape index (κ1) is 14.9. The lowest BCUT2D eigenvalue weighted by Gasteiger charge is -2.23. The molecule has 2 heterocycles. The molecule has 1 aliphatic rings. The molecule has 0 saturated heterocycles. The summed E-state index contributed by atoms with van der Waals surface area (Å²) in [5, 5.41) is 0. The molecule has 116 valence electrons. The monoisotopic (exact) mass is 306 g/mol. The number of pyridine rings is 1. The lowest BCUT2D eigenvalue weighted by molar-refractivity contribution is -0.137. The third-order valence-corrected chi connectivity index (χ3v) is 4.02. The molecule has 0 amide bonds. The Morgan fingerprint density at radius 1 is 1.14 bits per heavy atom. The average molecular weight is 306 g/mol. The summed E-state index contributed by atoms with van der Waals surface area (Å²) >= 11 is 0. The van der Waals surface area contributed by atoms with Crippen molar-refractivity contribution in [2.24, 2.45) is 0 Å². The molecule has 1 aliphatic heterocycles. The van der Waals surface area contributed by atoms with Crippen LogP contribution in [0.15, 0.2) is 36.4 Å². The molecule has 0 aliphatic carbocycles. The van der Waals surface area contributed by atoms with Gasteiger partial charge in [-0.3, -0.25) is 0 Å². The van der Waals surface area contributed by atoms with E-state index in [2.05, 4.69) is 18.8 Å². The molecule has 0 N–H and O–H groups in total. The van der Waals surface area contributed by atoms with Gasteiger partial charge >= 0.3 is 6.18 Å². The maximum Gasteiger partial charge on any atom is 0.416 e. The van der Waals surface area contributed by atoms with Crippen LogP contribution in [0.2, 0.25) is 0 Å². The van der Waals surface area contributed by atoms with Gasteiger partial charge in [-0.15, -0.1) is 0 Å². The van der Waals surface area contributed by atoms with Gasteiger partial charge in [0.2, 0.25) is 0 Å². The van der Waals surface area contributed by atoms with E-state index in [0.717, 1.165) is 23.4 Å². The van der Waals surface area contributed by atoms with Crippen LogP contribution in [-0.2, 0) is 11.6 Å². The first-order chi connectivity index (χ1) is 10.2. The van der Waals surface area contributed by atoms with Gasteiger partial charge in [0.25, 0.3) is 0 Å². The second-order valence-electron chi connectivity index (χ2n) is 6.34. The summed E-state index contributed by atoms with van der Waals surface area (Å²) in [6, 6.07) is 10.0. The zero-order valence-electron chi connectivity index (χ0n) is 12.7. The van der Waals surface area contributed by atoms with Crippen molar-refractivity contribution in [1.82, 2.24) is 4.98 Å². The molecule has 0 fully saturated rings. The Morgan fingerprint density at radius 2 is 1.82 bits per heavy atom. The summed E-state index contributed by atoms with van der Waals surface area (Å²) in [5.74, 6) is 0.352. The zero-order chi connectivity index (χ0) is 16.1. The van der Waals surface area contributed by atoms with E-state index in [4.69, 9.17) is 0 Å². The maximum absolute atomic E-state index is 13.0. The van der Waals surface area contributed by atoms with E-state index in [1.54, 1.807) is 6.92 Å². The molecule has 2 nitrogen and oxygen atoms in total. The van der Waals surface area contributed by atoms with Gasteiger partial charge in [-0.2, -0.15) is 13.2 Å². The summed E-state index contributed by atoms with van der Waals surface area (Å²) < 4.78 is 39.1. The Balaban J connectivity index is 2.12. The van der Waals surface area contributed by atoms with Crippen molar-refractivity contribution in [3.05, 3.63) is 53.2 Å². The summed E-state index contributed by atoms with van der Waals surface area (Å²) in [5.41, 5.74) is 1.65. The number of benzene rings is 1. The van der Waals surface area contributed by atoms with Crippen LogP contribution < -0.4 is 4.90 Å². The van der Waals surface area contributed by atoms with Gasteiger partial charge in [0.15, 0.2) is 0 Å². The minimum Gasteiger partial charge on any atom is -0.325 e. The van der Waals surface area contributed by atoms with Crippen LogP contribution in [0.1, 0.15) is 30.7 Å². The predicted octanol–water partition coefficient (Wildman–Crippen LogP) is 4.84. The molecule has 0 spiro atoms. The second-order valence-corrected chi connectivity index (χ2v) is 6.34. The van der Waals surface area contributed by atoms with Crippen LogP contribution in [0.25, 0.3) is 0 Å². The topological polar surface area (TPSA) is 16.1 Å². The minimum absolute atomic E-state index is 0.125. The second kappa shape index (κ2) is 4.73. The molecule has 3 rings (SSSR count). The zero-order valence-corrected chi connectivity index (χ0v) is 12.7. The highest BCUT2D eigenvalue weighted by atomic mass is 19.4. The molecule has 2 aromatic rings. The van der Waals surface area contributed by atoms with E-state index in [-0.39, 0.29) is 5.41 Å². The van der Waals surface area contributed by atoms with Crippen LogP contribution in [0.5, 0.6) is 0 Å². The Bertz CT molecular complexity index is 720. The molecule has 1 aromatic carbocycles. The summed E-state index contributed by atoms with van der Waals surface area (Å²) in [6.07, 6.45) is -4.36. The largest absolute Gasteiger partial charge is 0.416 e. The predicted molar refractivity (Wildman–Crippen MR) is 80.5 cm³/mol. The molecule has 0 saturated carbocycles. The van der Waals surface area contributed by atoms with Crippen molar-refractivity contribution in [3.8, 4) is 0 Å². The fourth-order valence-corrected chi connectivity index (χ4v) is 3.00. The molecule has 1 aromatic heterocycles. The number of alkyl halides is 3. The number of rotatable bonds is 1. The Labute approximate surface area is 127 Å². The number of halogens is 3. The number of fused-ring (bicyclic) bond motifs is 1. The summed E-state index contributed by atoms with van der Waals surface area (Å²) in [4.78, 5) is 6.19. The fraction of sp³-hybridized carbons (Fsp3) is 0.353. The molecular weight excluding hydrogens is 289 g/mol. The van der Waals surface area contributed by atoms with Crippen molar-refractivity contribution in [2.75, 3.05) is 11.4 Å². The van der Waals surface area contributed by atoms with Crippen LogP contribution in [0.4, 0.5) is 24.7 Å². The number of aryl methyl sites for hydroxylation is 1. The van der Waals surface area contributed by atoms with Gasteiger partial charge in [0.05, 0.1) is 5.56 Å². The van der Waals surface area contributed by atoms with Crippen molar-refractivity contribution in [3.63, 3.8) is 0 Å². The van der Waals surface area contributed by atoms with Crippen LogP contribution >= 0.6 is 0 Å². The minimum atomic E-state index is -4.36. The van der Waals surface area contributed by atoms with E-state index in [9.17, 15) is 13.2 Å². The lowest BCUT2D eigenvalue weighted by atomic mass is 9.87. The summed E-state index contributed by atoms with van der Waals surface area (Å²) in [6.45, 7) is 6.38. The molecule has 5 heteroatoms. The Morgan fingerprint density at radius 3 is 2.50 bits per heavy atom.